The van der Waals surface area contributed by atoms with Crippen molar-refractivity contribution < 1.29 is 14.5 Å². The van der Waals surface area contributed by atoms with Crippen molar-refractivity contribution >= 4 is 11.7 Å². The van der Waals surface area contributed by atoms with Crippen LogP contribution in [0.25, 0.3) is 0 Å². The van der Waals surface area contributed by atoms with Gasteiger partial charge in [-0.05, 0) is 36.6 Å². The predicted octanol–water partition coefficient (Wildman–Crippen LogP) is 4.26. The van der Waals surface area contributed by atoms with Gasteiger partial charge >= 0.3 is 5.97 Å². The maximum Gasteiger partial charge on any atom is 0.332 e. The molecule has 0 unspecified atom stereocenters. The molecule has 1 heterocycles. The molecular weight excluding hydrogens is 372 g/mol. The lowest BCUT2D eigenvalue weighted by Crippen LogP contribution is -2.56. The second kappa shape index (κ2) is 7.09. The van der Waals surface area contributed by atoms with Crippen molar-refractivity contribution in [3.8, 4) is 6.07 Å². The van der Waals surface area contributed by atoms with Gasteiger partial charge in [-0.25, -0.2) is 0 Å². The maximum absolute atomic E-state index is 13.2. The van der Waals surface area contributed by atoms with Crippen LogP contribution in [0.3, 0.4) is 0 Å². The number of hydrogen-bond donors (Lipinski definition) is 0. The minimum atomic E-state index is -1.80. The number of nitrogens with zero attached hydrogens (tertiary/aromatic N) is 4. The highest BCUT2D eigenvalue weighted by molar-refractivity contribution is 5.85. The minimum absolute atomic E-state index is 0.0993. The second-order valence-corrected chi connectivity index (χ2v) is 7.01. The summed E-state index contributed by atoms with van der Waals surface area (Å²) in [5.41, 5.74) is -3.45. The SMILES string of the molecule is CC[C@@]1(c2ccccc2)N=N[C@](C)(c2ccc([N+](=O)[O-])cc2)[C@]1(C#N)C(=O)OC. The van der Waals surface area contributed by atoms with Gasteiger partial charge in [-0.1, -0.05) is 37.3 Å². The third-order valence-corrected chi connectivity index (χ3v) is 5.83. The number of carbonyl (C=O) groups excluding carboxylic acids is 1. The van der Waals surface area contributed by atoms with Crippen LogP contribution in [0, 0.1) is 26.9 Å². The van der Waals surface area contributed by atoms with Gasteiger partial charge in [-0.3, -0.25) is 14.9 Å². The van der Waals surface area contributed by atoms with E-state index in [4.69, 9.17) is 4.74 Å². The quantitative estimate of drug-likeness (QED) is 0.428. The number of ether oxygens (including phenoxy) is 1. The topological polar surface area (TPSA) is 118 Å². The summed E-state index contributed by atoms with van der Waals surface area (Å²) in [6.07, 6.45) is 0.325. The van der Waals surface area contributed by atoms with E-state index in [1.54, 1.807) is 19.1 Å². The first-order valence-corrected chi connectivity index (χ1v) is 9.07. The molecule has 0 amide bonds. The molecule has 0 N–H and O–H groups in total. The average molecular weight is 392 g/mol. The summed E-state index contributed by atoms with van der Waals surface area (Å²) >= 11 is 0. The summed E-state index contributed by atoms with van der Waals surface area (Å²) in [7, 11) is 1.22. The molecule has 0 spiro atoms. The highest BCUT2D eigenvalue weighted by atomic mass is 16.6. The smallest absolute Gasteiger partial charge is 0.332 e. The first-order valence-electron chi connectivity index (χ1n) is 9.07. The van der Waals surface area contributed by atoms with Crippen molar-refractivity contribution in [2.24, 2.45) is 15.6 Å². The van der Waals surface area contributed by atoms with Gasteiger partial charge < -0.3 is 4.74 Å². The zero-order valence-corrected chi connectivity index (χ0v) is 16.3. The van der Waals surface area contributed by atoms with E-state index < -0.39 is 27.4 Å². The Bertz CT molecular complexity index is 1020. The lowest BCUT2D eigenvalue weighted by molar-refractivity contribution is -0.384. The molecule has 0 aliphatic carbocycles. The summed E-state index contributed by atoms with van der Waals surface area (Å²) in [6, 6.07) is 16.9. The van der Waals surface area contributed by atoms with E-state index in [0.717, 1.165) is 0 Å². The highest BCUT2D eigenvalue weighted by Crippen LogP contribution is 2.62. The first kappa shape index (κ1) is 20.1. The lowest BCUT2D eigenvalue weighted by Gasteiger charge is -2.42. The Morgan fingerprint density at radius 1 is 1.14 bits per heavy atom. The summed E-state index contributed by atoms with van der Waals surface area (Å²) in [5, 5.41) is 30.4. The Kier molecular flexibility index (Phi) is 4.93. The average Bonchev–Trinajstić information content (AvgIpc) is 3.04. The molecule has 0 saturated heterocycles. The molecule has 8 nitrogen and oxygen atoms in total. The maximum atomic E-state index is 13.2. The van der Waals surface area contributed by atoms with Crippen molar-refractivity contribution in [1.82, 2.24) is 0 Å². The zero-order valence-electron chi connectivity index (χ0n) is 16.3. The molecule has 0 aromatic heterocycles. The minimum Gasteiger partial charge on any atom is -0.468 e. The molecule has 3 rings (SSSR count). The number of nitriles is 1. The number of non-ortho nitro benzene ring substituents is 1. The molecule has 1 aliphatic heterocycles. The van der Waals surface area contributed by atoms with E-state index in [0.29, 0.717) is 17.5 Å². The van der Waals surface area contributed by atoms with Gasteiger partial charge in [0.2, 0.25) is 5.41 Å². The molecule has 8 heteroatoms. The zero-order chi connectivity index (χ0) is 21.3. The van der Waals surface area contributed by atoms with Crippen LogP contribution in [-0.4, -0.2) is 18.0 Å². The molecule has 0 saturated carbocycles. The molecular formula is C21H20N4O4. The van der Waals surface area contributed by atoms with Gasteiger partial charge in [0.1, 0.15) is 11.1 Å². The van der Waals surface area contributed by atoms with Crippen LogP contribution in [0.5, 0.6) is 0 Å². The van der Waals surface area contributed by atoms with Gasteiger partial charge in [-0.2, -0.15) is 15.5 Å². The van der Waals surface area contributed by atoms with Gasteiger partial charge in [0, 0.05) is 12.1 Å². The fourth-order valence-corrected chi connectivity index (χ4v) is 4.22. The fourth-order valence-electron chi connectivity index (χ4n) is 4.22. The number of rotatable bonds is 5. The Morgan fingerprint density at radius 2 is 1.76 bits per heavy atom. The molecule has 1 aliphatic rings. The number of esters is 1. The van der Waals surface area contributed by atoms with Crippen molar-refractivity contribution in [2.45, 2.75) is 31.3 Å². The van der Waals surface area contributed by atoms with Crippen LogP contribution in [0.15, 0.2) is 64.8 Å². The lowest BCUT2D eigenvalue weighted by atomic mass is 9.56. The normalized spacial score (nSPS) is 27.9. The van der Waals surface area contributed by atoms with Gasteiger partial charge in [0.25, 0.3) is 5.69 Å². The van der Waals surface area contributed by atoms with Gasteiger partial charge in [-0.15, -0.1) is 0 Å². The number of benzene rings is 2. The van der Waals surface area contributed by atoms with Crippen molar-refractivity contribution in [2.75, 3.05) is 7.11 Å². The van der Waals surface area contributed by atoms with Crippen LogP contribution in [0.4, 0.5) is 5.69 Å². The standard InChI is InChI=1S/C21H20N4O4/c1-4-21(16-8-6-5-7-9-16)20(14-22,18(26)29-3)19(2,23-24-21)15-10-12-17(13-11-15)25(27)28/h5-13H,4H2,1-3H3/t19-,20+,21+/m1/s1. The highest BCUT2D eigenvalue weighted by Gasteiger charge is 2.73. The Morgan fingerprint density at radius 3 is 2.24 bits per heavy atom. The molecule has 2 aromatic carbocycles. The van der Waals surface area contributed by atoms with Crippen molar-refractivity contribution in [1.29, 1.82) is 5.26 Å². The Balaban J connectivity index is 2.31. The second-order valence-electron chi connectivity index (χ2n) is 7.01. The third kappa shape index (κ3) is 2.54. The third-order valence-electron chi connectivity index (χ3n) is 5.83. The van der Waals surface area contributed by atoms with E-state index in [1.165, 1.54) is 31.4 Å². The van der Waals surface area contributed by atoms with Crippen molar-refractivity contribution in [3.05, 3.63) is 75.8 Å². The van der Waals surface area contributed by atoms with Crippen molar-refractivity contribution in [3.63, 3.8) is 0 Å². The van der Waals surface area contributed by atoms with Crippen LogP contribution in [0.2, 0.25) is 0 Å². The molecule has 148 valence electrons. The summed E-state index contributed by atoms with van der Waals surface area (Å²) < 4.78 is 5.10. The monoisotopic (exact) mass is 392 g/mol. The van der Waals surface area contributed by atoms with E-state index in [9.17, 15) is 20.2 Å². The van der Waals surface area contributed by atoms with E-state index in [2.05, 4.69) is 16.3 Å². The number of azo groups is 1. The van der Waals surface area contributed by atoms with Crippen LogP contribution in [-0.2, 0) is 20.6 Å². The number of nitro groups is 1. The van der Waals surface area contributed by atoms with E-state index in [1.807, 2.05) is 25.1 Å². The van der Waals surface area contributed by atoms with Gasteiger partial charge in [0.15, 0.2) is 0 Å². The number of methoxy groups -OCH3 is 1. The molecule has 0 bridgehead atoms. The molecule has 0 radical (unpaired) electrons. The largest absolute Gasteiger partial charge is 0.468 e. The number of nitro benzene ring substituents is 1. The fraction of sp³-hybridized carbons (Fsp3) is 0.333. The first-order chi connectivity index (χ1) is 13.8. The van der Waals surface area contributed by atoms with Crippen LogP contribution in [0.1, 0.15) is 31.4 Å². The number of carbonyl (C=O) groups is 1. The van der Waals surface area contributed by atoms with Crippen LogP contribution < -0.4 is 0 Å². The summed E-state index contributed by atoms with van der Waals surface area (Å²) in [5.74, 6) is -0.753. The predicted molar refractivity (Wildman–Crippen MR) is 104 cm³/mol. The van der Waals surface area contributed by atoms with Crippen LogP contribution >= 0.6 is 0 Å². The summed E-state index contributed by atoms with van der Waals surface area (Å²) in [6.45, 7) is 3.47. The van der Waals surface area contributed by atoms with Gasteiger partial charge in [0.05, 0.1) is 18.1 Å². The number of hydrogen-bond acceptors (Lipinski definition) is 7. The Labute approximate surface area is 168 Å². The molecule has 0 fully saturated rings. The van der Waals surface area contributed by atoms with E-state index >= 15 is 0 Å². The van der Waals surface area contributed by atoms with E-state index in [-0.39, 0.29) is 5.69 Å². The molecule has 29 heavy (non-hydrogen) atoms. The molecule has 2 aromatic rings. The Hall–Kier alpha value is -3.60. The summed E-state index contributed by atoms with van der Waals surface area (Å²) in [4.78, 5) is 23.7. The molecule has 3 atom stereocenters.